The van der Waals surface area contributed by atoms with Crippen LogP contribution in [0.25, 0.3) is 22.3 Å². The highest BCUT2D eigenvalue weighted by Gasteiger charge is 2.46. The predicted octanol–water partition coefficient (Wildman–Crippen LogP) is 2.97. The molecule has 3 aromatic rings. The molecule has 8 nitrogen and oxygen atoms in total. The van der Waals surface area contributed by atoms with Crippen molar-refractivity contribution in [1.29, 1.82) is 0 Å². The van der Waals surface area contributed by atoms with Gasteiger partial charge in [-0.3, -0.25) is 9.69 Å². The van der Waals surface area contributed by atoms with E-state index in [2.05, 4.69) is 4.90 Å². The molecule has 9 heteroatoms. The van der Waals surface area contributed by atoms with E-state index in [0.717, 1.165) is 48.0 Å². The lowest BCUT2D eigenvalue weighted by Crippen LogP contribution is -2.44. The number of cyclic esters (lactones) is 1. The van der Waals surface area contributed by atoms with E-state index in [0.29, 0.717) is 41.9 Å². The summed E-state index contributed by atoms with van der Waals surface area (Å²) in [6.07, 6.45) is 2.75. The zero-order chi connectivity index (χ0) is 26.5. The Morgan fingerprint density at radius 1 is 1.16 bits per heavy atom. The average molecular weight is 520 g/mol. The minimum absolute atomic E-state index is 0.0660. The molecule has 1 saturated heterocycles. The molecule has 0 bridgehead atoms. The van der Waals surface area contributed by atoms with Gasteiger partial charge in [0.15, 0.2) is 5.60 Å². The van der Waals surface area contributed by atoms with Crippen LogP contribution in [0.5, 0.6) is 0 Å². The number of aryl methyl sites for hydroxylation is 1. The fraction of sp³-hybridized carbons (Fsp3) is 0.483. The van der Waals surface area contributed by atoms with Crippen molar-refractivity contribution in [1.82, 2.24) is 14.5 Å². The van der Waals surface area contributed by atoms with Crippen LogP contribution in [0.15, 0.2) is 16.9 Å². The van der Waals surface area contributed by atoms with Crippen molar-refractivity contribution < 1.29 is 24.1 Å². The number of aliphatic hydroxyl groups excluding tert-OH is 1. The third kappa shape index (κ3) is 3.09. The van der Waals surface area contributed by atoms with Crippen molar-refractivity contribution in [2.24, 2.45) is 0 Å². The van der Waals surface area contributed by atoms with Crippen molar-refractivity contribution >= 4 is 16.9 Å². The number of ether oxygens (including phenoxy) is 1. The molecule has 0 unspecified atom stereocenters. The first-order valence-electron chi connectivity index (χ1n) is 13.5. The molecule has 0 saturated carbocycles. The Balaban J connectivity index is 1.50. The first-order chi connectivity index (χ1) is 18.2. The number of benzene rings is 1. The van der Waals surface area contributed by atoms with Crippen molar-refractivity contribution in [2.75, 3.05) is 13.1 Å². The second-order valence-corrected chi connectivity index (χ2v) is 11.1. The van der Waals surface area contributed by atoms with Crippen molar-refractivity contribution in [3.8, 4) is 11.4 Å². The average Bonchev–Trinajstić information content (AvgIpc) is 3.29. The quantitative estimate of drug-likeness (QED) is 0.393. The van der Waals surface area contributed by atoms with Gasteiger partial charge in [-0.2, -0.15) is 0 Å². The van der Waals surface area contributed by atoms with Crippen LogP contribution in [0.2, 0.25) is 0 Å². The zero-order valence-electron chi connectivity index (χ0n) is 21.5. The van der Waals surface area contributed by atoms with Crippen LogP contribution < -0.4 is 5.56 Å². The Morgan fingerprint density at radius 3 is 2.66 bits per heavy atom. The maximum absolute atomic E-state index is 15.1. The van der Waals surface area contributed by atoms with Crippen LogP contribution in [-0.2, 0) is 34.7 Å². The molecule has 4 aliphatic rings. The monoisotopic (exact) mass is 519 g/mol. The van der Waals surface area contributed by atoms with Crippen molar-refractivity contribution in [3.63, 3.8) is 0 Å². The third-order valence-electron chi connectivity index (χ3n) is 9.29. The van der Waals surface area contributed by atoms with Crippen LogP contribution in [0.1, 0.15) is 72.0 Å². The summed E-state index contributed by atoms with van der Waals surface area (Å²) in [6.45, 7) is 5.17. The number of nitrogens with zero attached hydrogens (tertiary/aromatic N) is 3. The standard InChI is InChI=1S/C29H30FN3O5/c1-3-29(37)19-10-23-26-17(12-33(23)27(35)18(19)13-38-28(29)36)25-22(32-8-6-15(34)7-9-32)5-4-16-14(2)20(30)11-21(31-26)24(16)25/h10-11,15,22,34,37H,3-9,12-13H2,1-2H3/t22-,29-/m0/s1. The topological polar surface area (TPSA) is 105 Å². The second-order valence-electron chi connectivity index (χ2n) is 11.1. The van der Waals surface area contributed by atoms with Crippen LogP contribution in [0.3, 0.4) is 0 Å². The van der Waals surface area contributed by atoms with Gasteiger partial charge in [0.2, 0.25) is 0 Å². The number of piperidine rings is 1. The number of esters is 1. The van der Waals surface area contributed by atoms with Gasteiger partial charge >= 0.3 is 5.97 Å². The Morgan fingerprint density at radius 2 is 1.92 bits per heavy atom. The minimum Gasteiger partial charge on any atom is -0.458 e. The summed E-state index contributed by atoms with van der Waals surface area (Å²) in [6, 6.07) is 3.26. The smallest absolute Gasteiger partial charge is 0.343 e. The third-order valence-corrected chi connectivity index (χ3v) is 9.29. The first kappa shape index (κ1) is 23.9. The summed E-state index contributed by atoms with van der Waals surface area (Å²) < 4.78 is 21.9. The number of aromatic nitrogens is 2. The number of aliphatic hydroxyl groups is 2. The molecule has 5 heterocycles. The number of fused-ring (bicyclic) bond motifs is 5. The Labute approximate surface area is 218 Å². The lowest BCUT2D eigenvalue weighted by molar-refractivity contribution is -0.172. The Bertz CT molecular complexity index is 1610. The van der Waals surface area contributed by atoms with Gasteiger partial charge in [0.25, 0.3) is 5.56 Å². The van der Waals surface area contributed by atoms with Gasteiger partial charge in [-0.05, 0) is 61.8 Å². The van der Waals surface area contributed by atoms with E-state index in [9.17, 15) is 19.8 Å². The van der Waals surface area contributed by atoms with E-state index < -0.39 is 11.6 Å². The van der Waals surface area contributed by atoms with E-state index in [1.165, 1.54) is 6.07 Å². The van der Waals surface area contributed by atoms with Gasteiger partial charge in [0.1, 0.15) is 12.4 Å². The summed E-state index contributed by atoms with van der Waals surface area (Å²) in [7, 11) is 0. The number of likely N-dealkylation sites (tertiary alicyclic amines) is 1. The predicted molar refractivity (Wildman–Crippen MR) is 137 cm³/mol. The van der Waals surface area contributed by atoms with E-state index in [-0.39, 0.29) is 47.7 Å². The summed E-state index contributed by atoms with van der Waals surface area (Å²) in [5.41, 5.74) is 3.68. The van der Waals surface area contributed by atoms with Gasteiger partial charge in [-0.25, -0.2) is 14.2 Å². The maximum Gasteiger partial charge on any atom is 0.343 e. The molecule has 2 aromatic heterocycles. The van der Waals surface area contributed by atoms with Crippen molar-refractivity contribution in [2.45, 2.75) is 76.9 Å². The molecule has 38 heavy (non-hydrogen) atoms. The van der Waals surface area contributed by atoms with Crippen LogP contribution >= 0.6 is 0 Å². The number of hydrogen-bond acceptors (Lipinski definition) is 7. The van der Waals surface area contributed by atoms with E-state index in [1.807, 2.05) is 6.92 Å². The molecular formula is C29H30FN3O5. The summed E-state index contributed by atoms with van der Waals surface area (Å²) >= 11 is 0. The second kappa shape index (κ2) is 8.18. The Hall–Kier alpha value is -3.14. The zero-order valence-corrected chi connectivity index (χ0v) is 21.5. The maximum atomic E-state index is 15.1. The fourth-order valence-electron chi connectivity index (χ4n) is 7.09. The fourth-order valence-corrected chi connectivity index (χ4v) is 7.09. The van der Waals surface area contributed by atoms with E-state index in [1.54, 1.807) is 17.6 Å². The molecule has 1 fully saturated rings. The van der Waals surface area contributed by atoms with Crippen LogP contribution in [-0.4, -0.2) is 49.8 Å². The molecule has 1 aliphatic carbocycles. The summed E-state index contributed by atoms with van der Waals surface area (Å²) in [4.78, 5) is 33.6. The molecule has 0 amide bonds. The molecule has 2 atom stereocenters. The van der Waals surface area contributed by atoms with Gasteiger partial charge in [0.05, 0.1) is 35.1 Å². The lowest BCUT2D eigenvalue weighted by Gasteiger charge is -2.40. The number of carbonyl (C=O) groups is 1. The number of pyridine rings is 2. The molecule has 0 radical (unpaired) electrons. The molecule has 198 valence electrons. The minimum atomic E-state index is -1.90. The normalized spacial score (nSPS) is 24.8. The molecule has 7 rings (SSSR count). The largest absolute Gasteiger partial charge is 0.458 e. The summed E-state index contributed by atoms with van der Waals surface area (Å²) in [5, 5.41) is 22.3. The van der Waals surface area contributed by atoms with Crippen molar-refractivity contribution in [3.05, 3.63) is 61.7 Å². The van der Waals surface area contributed by atoms with E-state index >= 15 is 4.39 Å². The molecule has 2 N–H and O–H groups in total. The van der Waals surface area contributed by atoms with E-state index in [4.69, 9.17) is 9.72 Å². The van der Waals surface area contributed by atoms with Gasteiger partial charge < -0.3 is 19.5 Å². The number of hydrogen-bond donors (Lipinski definition) is 2. The highest BCUT2D eigenvalue weighted by atomic mass is 19.1. The number of carbonyl (C=O) groups excluding carboxylic acids is 1. The first-order valence-corrected chi connectivity index (χ1v) is 13.5. The van der Waals surface area contributed by atoms with Gasteiger partial charge in [-0.15, -0.1) is 0 Å². The van der Waals surface area contributed by atoms with Crippen LogP contribution in [0, 0.1) is 12.7 Å². The number of rotatable bonds is 2. The number of halogens is 1. The lowest BCUT2D eigenvalue weighted by atomic mass is 9.80. The highest BCUT2D eigenvalue weighted by molar-refractivity contribution is 5.93. The Kier molecular flexibility index (Phi) is 5.15. The molecule has 3 aliphatic heterocycles. The molecular weight excluding hydrogens is 489 g/mol. The molecule has 0 spiro atoms. The SMILES string of the molecule is CC[C@@]1(O)C(=O)OCc2c1cc1n(c2=O)Cc2c-1nc1cc(F)c(C)c3c1c2[C@@H](N1CCC(O)CC1)CC3. The molecule has 1 aromatic carbocycles. The summed E-state index contributed by atoms with van der Waals surface area (Å²) in [5.74, 6) is -1.06. The van der Waals surface area contributed by atoms with Crippen LogP contribution in [0.4, 0.5) is 4.39 Å². The highest BCUT2D eigenvalue weighted by Crippen LogP contribution is 2.47. The van der Waals surface area contributed by atoms with Gasteiger partial charge in [-0.1, -0.05) is 6.92 Å². The van der Waals surface area contributed by atoms with Gasteiger partial charge in [0, 0.05) is 41.7 Å².